The predicted octanol–water partition coefficient (Wildman–Crippen LogP) is 3.85. The summed E-state index contributed by atoms with van der Waals surface area (Å²) in [6, 6.07) is 6.01. The Morgan fingerprint density at radius 2 is 1.93 bits per heavy atom. The summed E-state index contributed by atoms with van der Waals surface area (Å²) in [5.74, 6) is 0.199. The van der Waals surface area contributed by atoms with Crippen molar-refractivity contribution in [3.8, 4) is 0 Å². The molecule has 0 aliphatic carbocycles. The summed E-state index contributed by atoms with van der Waals surface area (Å²) in [5, 5.41) is 1.20. The molecule has 0 saturated heterocycles. The first kappa shape index (κ1) is 12.4. The fourth-order valence-corrected chi connectivity index (χ4v) is 2.30. The molecule has 1 nitrogen and oxygen atoms in total. The SMILES string of the molecule is O=C(CBr)Cc1cc(Br)ccc1CBr. The number of alkyl halides is 2. The molecular weight excluding hydrogens is 376 g/mol. The lowest BCUT2D eigenvalue weighted by molar-refractivity contribution is -0.115. The summed E-state index contributed by atoms with van der Waals surface area (Å²) in [6.45, 7) is 0. The topological polar surface area (TPSA) is 17.1 Å². The van der Waals surface area contributed by atoms with Gasteiger partial charge in [0.15, 0.2) is 0 Å². The van der Waals surface area contributed by atoms with E-state index in [0.29, 0.717) is 11.8 Å². The van der Waals surface area contributed by atoms with Crippen LogP contribution in [0.15, 0.2) is 22.7 Å². The Hall–Kier alpha value is 0.330. The second kappa shape index (κ2) is 6.03. The molecule has 0 aromatic heterocycles. The van der Waals surface area contributed by atoms with Gasteiger partial charge in [-0.2, -0.15) is 0 Å². The fourth-order valence-electron chi connectivity index (χ4n) is 1.15. The molecule has 0 atom stereocenters. The van der Waals surface area contributed by atoms with Gasteiger partial charge >= 0.3 is 0 Å². The zero-order chi connectivity index (χ0) is 10.6. The Kier molecular flexibility index (Phi) is 5.34. The molecule has 1 aromatic carbocycles. The number of Topliss-reactive ketones (excluding diaryl/α,β-unsaturated/α-hetero) is 1. The number of halogens is 3. The van der Waals surface area contributed by atoms with Gasteiger partial charge < -0.3 is 0 Å². The Morgan fingerprint density at radius 3 is 2.50 bits per heavy atom. The molecule has 0 N–H and O–H groups in total. The van der Waals surface area contributed by atoms with Crippen LogP contribution in [0.2, 0.25) is 0 Å². The molecule has 14 heavy (non-hydrogen) atoms. The zero-order valence-corrected chi connectivity index (χ0v) is 12.2. The van der Waals surface area contributed by atoms with Gasteiger partial charge in [0.2, 0.25) is 0 Å². The first-order chi connectivity index (χ1) is 6.67. The van der Waals surface area contributed by atoms with Crippen LogP contribution in [0.4, 0.5) is 0 Å². The minimum atomic E-state index is 0.199. The number of hydrogen-bond acceptors (Lipinski definition) is 1. The molecule has 0 fully saturated rings. The van der Waals surface area contributed by atoms with Crippen molar-refractivity contribution in [2.24, 2.45) is 0 Å². The van der Waals surface area contributed by atoms with Gasteiger partial charge in [0.25, 0.3) is 0 Å². The van der Waals surface area contributed by atoms with Crippen LogP contribution in [0.25, 0.3) is 0 Å². The minimum Gasteiger partial charge on any atom is -0.298 e. The number of ketones is 1. The molecule has 4 heteroatoms. The fraction of sp³-hybridized carbons (Fsp3) is 0.300. The van der Waals surface area contributed by atoms with Crippen LogP contribution in [0.1, 0.15) is 11.1 Å². The van der Waals surface area contributed by atoms with Crippen LogP contribution in [-0.2, 0) is 16.5 Å². The van der Waals surface area contributed by atoms with E-state index in [4.69, 9.17) is 0 Å². The highest BCUT2D eigenvalue weighted by Crippen LogP contribution is 2.19. The van der Waals surface area contributed by atoms with Crippen molar-refractivity contribution < 1.29 is 4.79 Å². The molecule has 0 aliphatic heterocycles. The number of hydrogen-bond donors (Lipinski definition) is 0. The monoisotopic (exact) mass is 382 g/mol. The van der Waals surface area contributed by atoms with E-state index < -0.39 is 0 Å². The molecule has 0 aliphatic rings. The normalized spacial score (nSPS) is 10.2. The molecule has 0 spiro atoms. The van der Waals surface area contributed by atoms with Gasteiger partial charge in [-0.15, -0.1) is 0 Å². The molecule has 0 amide bonds. The van der Waals surface area contributed by atoms with Crippen LogP contribution >= 0.6 is 47.8 Å². The second-order valence-electron chi connectivity index (χ2n) is 2.90. The van der Waals surface area contributed by atoms with E-state index in [0.717, 1.165) is 15.4 Å². The van der Waals surface area contributed by atoms with Crippen molar-refractivity contribution >= 4 is 53.6 Å². The largest absolute Gasteiger partial charge is 0.298 e. The molecule has 76 valence electrons. The van der Waals surface area contributed by atoms with E-state index in [2.05, 4.69) is 47.8 Å². The first-order valence-corrected chi connectivity index (χ1v) is 7.12. The highest BCUT2D eigenvalue weighted by molar-refractivity contribution is 9.10. The Morgan fingerprint density at radius 1 is 1.21 bits per heavy atom. The maximum Gasteiger partial charge on any atom is 0.147 e. The summed E-state index contributed by atoms with van der Waals surface area (Å²) in [7, 11) is 0. The van der Waals surface area contributed by atoms with E-state index in [1.807, 2.05) is 18.2 Å². The quantitative estimate of drug-likeness (QED) is 0.721. The molecule has 0 radical (unpaired) electrons. The smallest absolute Gasteiger partial charge is 0.147 e. The molecule has 0 bridgehead atoms. The van der Waals surface area contributed by atoms with Gasteiger partial charge in [0.1, 0.15) is 5.78 Å². The lowest BCUT2D eigenvalue weighted by Crippen LogP contribution is -2.05. The van der Waals surface area contributed by atoms with E-state index in [9.17, 15) is 4.79 Å². The Balaban J connectivity index is 2.93. The van der Waals surface area contributed by atoms with Gasteiger partial charge in [0, 0.05) is 16.2 Å². The number of rotatable bonds is 4. The Labute approximate surface area is 109 Å². The maximum atomic E-state index is 11.3. The third kappa shape index (κ3) is 3.48. The number of benzene rings is 1. The Bertz CT molecular complexity index is 336. The summed E-state index contributed by atoms with van der Waals surface area (Å²) < 4.78 is 1.01. The van der Waals surface area contributed by atoms with Gasteiger partial charge in [-0.25, -0.2) is 0 Å². The molecule has 0 heterocycles. The van der Waals surface area contributed by atoms with E-state index in [1.54, 1.807) is 0 Å². The van der Waals surface area contributed by atoms with Crippen LogP contribution < -0.4 is 0 Å². The molecule has 1 rings (SSSR count). The summed E-state index contributed by atoms with van der Waals surface area (Å²) in [4.78, 5) is 11.3. The molecule has 0 saturated carbocycles. The average Bonchev–Trinajstić information content (AvgIpc) is 2.18. The summed E-state index contributed by atoms with van der Waals surface area (Å²) in [5.41, 5.74) is 2.25. The predicted molar refractivity (Wildman–Crippen MR) is 69.3 cm³/mol. The van der Waals surface area contributed by atoms with Gasteiger partial charge in [-0.3, -0.25) is 4.79 Å². The minimum absolute atomic E-state index is 0.199. The van der Waals surface area contributed by atoms with Crippen molar-refractivity contribution in [2.75, 3.05) is 5.33 Å². The van der Waals surface area contributed by atoms with Crippen LogP contribution in [0, 0.1) is 0 Å². The van der Waals surface area contributed by atoms with E-state index >= 15 is 0 Å². The van der Waals surface area contributed by atoms with E-state index in [-0.39, 0.29) is 5.78 Å². The van der Waals surface area contributed by atoms with E-state index in [1.165, 1.54) is 5.56 Å². The highest BCUT2D eigenvalue weighted by Gasteiger charge is 2.06. The molecule has 1 aromatic rings. The van der Waals surface area contributed by atoms with Crippen LogP contribution in [-0.4, -0.2) is 11.1 Å². The van der Waals surface area contributed by atoms with Gasteiger partial charge in [0.05, 0.1) is 5.33 Å². The second-order valence-corrected chi connectivity index (χ2v) is 4.93. The van der Waals surface area contributed by atoms with Crippen molar-refractivity contribution in [1.29, 1.82) is 0 Å². The van der Waals surface area contributed by atoms with Gasteiger partial charge in [-0.05, 0) is 23.3 Å². The standard InChI is InChI=1S/C10H9Br3O/c11-5-7-1-2-9(13)3-8(7)4-10(14)6-12/h1-3H,4-6H2. The van der Waals surface area contributed by atoms with Gasteiger partial charge in [-0.1, -0.05) is 53.9 Å². The maximum absolute atomic E-state index is 11.3. The zero-order valence-electron chi connectivity index (χ0n) is 7.40. The number of carbonyl (C=O) groups excluding carboxylic acids is 1. The van der Waals surface area contributed by atoms with Crippen molar-refractivity contribution in [2.45, 2.75) is 11.8 Å². The highest BCUT2D eigenvalue weighted by atomic mass is 79.9. The lowest BCUT2D eigenvalue weighted by Gasteiger charge is -2.06. The van der Waals surface area contributed by atoms with Crippen molar-refractivity contribution in [1.82, 2.24) is 0 Å². The van der Waals surface area contributed by atoms with Crippen LogP contribution in [0.3, 0.4) is 0 Å². The lowest BCUT2D eigenvalue weighted by atomic mass is 10.0. The van der Waals surface area contributed by atoms with Crippen LogP contribution in [0.5, 0.6) is 0 Å². The van der Waals surface area contributed by atoms with Crippen molar-refractivity contribution in [3.63, 3.8) is 0 Å². The number of carbonyl (C=O) groups is 1. The molecule has 0 unspecified atom stereocenters. The first-order valence-electron chi connectivity index (χ1n) is 4.08. The summed E-state index contributed by atoms with van der Waals surface area (Å²) in [6.07, 6.45) is 0.492. The third-order valence-electron chi connectivity index (χ3n) is 1.85. The third-order valence-corrected chi connectivity index (χ3v) is 3.57. The van der Waals surface area contributed by atoms with Crippen molar-refractivity contribution in [3.05, 3.63) is 33.8 Å². The average molecular weight is 385 g/mol. The molecular formula is C10H9Br3O. The summed E-state index contributed by atoms with van der Waals surface area (Å²) >= 11 is 9.97.